The summed E-state index contributed by atoms with van der Waals surface area (Å²) in [6.07, 6.45) is 7.67. The molecule has 2 aliphatic rings. The lowest BCUT2D eigenvalue weighted by molar-refractivity contribution is 0.140. The molecule has 1 aliphatic heterocycles. The molecule has 0 bridgehead atoms. The number of nitrogens with zero attached hydrogens (tertiary/aromatic N) is 1. The van der Waals surface area contributed by atoms with Crippen LogP contribution in [0, 0.1) is 5.92 Å². The van der Waals surface area contributed by atoms with Gasteiger partial charge in [0.25, 0.3) is 0 Å². The SMILES string of the molecule is CCCN(CC1CCNCC1)C1CCc2ccc(OC)cc2C1. The molecule has 3 nitrogen and oxygen atoms in total. The van der Waals surface area contributed by atoms with Crippen LogP contribution in [0.15, 0.2) is 18.2 Å². The highest BCUT2D eigenvalue weighted by molar-refractivity contribution is 5.37. The van der Waals surface area contributed by atoms with E-state index in [0.29, 0.717) is 6.04 Å². The zero-order valence-corrected chi connectivity index (χ0v) is 14.8. The molecule has 1 aromatic rings. The van der Waals surface area contributed by atoms with Crippen molar-refractivity contribution in [2.45, 2.75) is 51.5 Å². The summed E-state index contributed by atoms with van der Waals surface area (Å²) in [6, 6.07) is 7.35. The Morgan fingerprint density at radius 1 is 1.17 bits per heavy atom. The fourth-order valence-electron chi connectivity index (χ4n) is 4.26. The summed E-state index contributed by atoms with van der Waals surface area (Å²) < 4.78 is 5.42. The number of benzene rings is 1. The highest BCUT2D eigenvalue weighted by Crippen LogP contribution is 2.29. The topological polar surface area (TPSA) is 24.5 Å². The Morgan fingerprint density at radius 3 is 2.74 bits per heavy atom. The molecule has 1 unspecified atom stereocenters. The van der Waals surface area contributed by atoms with E-state index in [1.807, 2.05) is 0 Å². The van der Waals surface area contributed by atoms with Crippen LogP contribution in [0.2, 0.25) is 0 Å². The number of piperidine rings is 1. The van der Waals surface area contributed by atoms with Gasteiger partial charge in [0, 0.05) is 12.6 Å². The van der Waals surface area contributed by atoms with E-state index in [-0.39, 0.29) is 0 Å². The highest BCUT2D eigenvalue weighted by atomic mass is 16.5. The average Bonchev–Trinajstić information content (AvgIpc) is 2.61. The Labute approximate surface area is 141 Å². The Hall–Kier alpha value is -1.06. The predicted octanol–water partition coefficient (Wildman–Crippen LogP) is 3.26. The smallest absolute Gasteiger partial charge is 0.119 e. The molecule has 3 heteroatoms. The van der Waals surface area contributed by atoms with E-state index in [4.69, 9.17) is 4.74 Å². The van der Waals surface area contributed by atoms with Gasteiger partial charge in [-0.15, -0.1) is 0 Å². The average molecular weight is 316 g/mol. The molecule has 1 saturated heterocycles. The number of methoxy groups -OCH3 is 1. The molecule has 1 N–H and O–H groups in total. The molecule has 0 radical (unpaired) electrons. The van der Waals surface area contributed by atoms with Crippen molar-refractivity contribution < 1.29 is 4.74 Å². The van der Waals surface area contributed by atoms with Gasteiger partial charge in [-0.25, -0.2) is 0 Å². The van der Waals surface area contributed by atoms with Gasteiger partial charge >= 0.3 is 0 Å². The van der Waals surface area contributed by atoms with Gasteiger partial charge in [-0.05, 0) is 87.3 Å². The van der Waals surface area contributed by atoms with Crippen molar-refractivity contribution in [1.29, 1.82) is 0 Å². The summed E-state index contributed by atoms with van der Waals surface area (Å²) in [7, 11) is 1.77. The Morgan fingerprint density at radius 2 is 2.00 bits per heavy atom. The Bertz CT molecular complexity index is 496. The predicted molar refractivity (Wildman–Crippen MR) is 96.3 cm³/mol. The normalized spacial score (nSPS) is 22.1. The van der Waals surface area contributed by atoms with Crippen LogP contribution >= 0.6 is 0 Å². The first-order valence-electron chi connectivity index (χ1n) is 9.40. The zero-order valence-electron chi connectivity index (χ0n) is 14.8. The molecule has 128 valence electrons. The summed E-state index contributed by atoms with van der Waals surface area (Å²) >= 11 is 0. The van der Waals surface area contributed by atoms with Crippen molar-refractivity contribution in [3.8, 4) is 5.75 Å². The van der Waals surface area contributed by atoms with Crippen LogP contribution in [0.3, 0.4) is 0 Å². The van der Waals surface area contributed by atoms with Gasteiger partial charge in [-0.3, -0.25) is 4.90 Å². The summed E-state index contributed by atoms with van der Waals surface area (Å²) in [6.45, 7) is 7.26. The van der Waals surface area contributed by atoms with Crippen LogP contribution in [-0.2, 0) is 12.8 Å². The summed E-state index contributed by atoms with van der Waals surface area (Å²) in [5, 5.41) is 3.49. The lowest BCUT2D eigenvalue weighted by Gasteiger charge is -2.38. The van der Waals surface area contributed by atoms with E-state index in [2.05, 4.69) is 35.3 Å². The number of aryl methyl sites for hydroxylation is 1. The van der Waals surface area contributed by atoms with Crippen LogP contribution in [0.1, 0.15) is 43.7 Å². The van der Waals surface area contributed by atoms with E-state index in [9.17, 15) is 0 Å². The standard InChI is InChI=1S/C20H32N2O/c1-3-12-22(15-16-8-10-21-11-9-16)19-6-4-17-5-7-20(23-2)14-18(17)13-19/h5,7,14,16,19,21H,3-4,6,8-13,15H2,1-2H3. The lowest BCUT2D eigenvalue weighted by Crippen LogP contribution is -2.44. The zero-order chi connectivity index (χ0) is 16.1. The van der Waals surface area contributed by atoms with Crippen LogP contribution in [0.5, 0.6) is 5.75 Å². The van der Waals surface area contributed by atoms with Gasteiger partial charge in [-0.1, -0.05) is 13.0 Å². The van der Waals surface area contributed by atoms with Gasteiger partial charge in [0.2, 0.25) is 0 Å². The highest BCUT2D eigenvalue weighted by Gasteiger charge is 2.26. The fourth-order valence-corrected chi connectivity index (χ4v) is 4.26. The van der Waals surface area contributed by atoms with E-state index < -0.39 is 0 Å². The maximum atomic E-state index is 5.42. The molecule has 23 heavy (non-hydrogen) atoms. The van der Waals surface area contributed by atoms with Gasteiger partial charge in [0.1, 0.15) is 5.75 Å². The number of hydrogen-bond donors (Lipinski definition) is 1. The minimum atomic E-state index is 0.712. The summed E-state index contributed by atoms with van der Waals surface area (Å²) in [5.74, 6) is 1.89. The van der Waals surface area contributed by atoms with Crippen LogP contribution in [-0.4, -0.2) is 44.2 Å². The molecule has 1 aromatic carbocycles. The quantitative estimate of drug-likeness (QED) is 0.872. The van der Waals surface area contributed by atoms with E-state index in [1.54, 1.807) is 7.11 Å². The lowest BCUT2D eigenvalue weighted by atomic mass is 9.86. The molecule has 1 fully saturated rings. The minimum Gasteiger partial charge on any atom is -0.497 e. The van der Waals surface area contributed by atoms with Crippen molar-refractivity contribution in [2.24, 2.45) is 5.92 Å². The summed E-state index contributed by atoms with van der Waals surface area (Å²) in [4.78, 5) is 2.79. The molecule has 1 aliphatic carbocycles. The maximum Gasteiger partial charge on any atom is 0.119 e. The number of rotatable bonds is 6. The molecular weight excluding hydrogens is 284 g/mol. The number of nitrogens with one attached hydrogen (secondary N) is 1. The van der Waals surface area contributed by atoms with Crippen LogP contribution < -0.4 is 10.1 Å². The van der Waals surface area contributed by atoms with Crippen molar-refractivity contribution in [1.82, 2.24) is 10.2 Å². The second-order valence-corrected chi connectivity index (χ2v) is 7.22. The number of fused-ring (bicyclic) bond motifs is 1. The van der Waals surface area contributed by atoms with Crippen LogP contribution in [0.4, 0.5) is 0 Å². The number of ether oxygens (including phenoxy) is 1. The Balaban J connectivity index is 1.67. The van der Waals surface area contributed by atoms with Crippen molar-refractivity contribution in [3.05, 3.63) is 29.3 Å². The fraction of sp³-hybridized carbons (Fsp3) is 0.700. The summed E-state index contributed by atoms with van der Waals surface area (Å²) in [5.41, 5.74) is 3.03. The van der Waals surface area contributed by atoms with Gasteiger partial charge in [0.15, 0.2) is 0 Å². The van der Waals surface area contributed by atoms with E-state index in [0.717, 1.165) is 11.7 Å². The molecule has 0 amide bonds. The van der Waals surface area contributed by atoms with Crippen molar-refractivity contribution >= 4 is 0 Å². The van der Waals surface area contributed by atoms with E-state index >= 15 is 0 Å². The molecule has 1 atom stereocenters. The minimum absolute atomic E-state index is 0.712. The number of hydrogen-bond acceptors (Lipinski definition) is 3. The third-order valence-electron chi connectivity index (χ3n) is 5.59. The molecule has 1 heterocycles. The van der Waals surface area contributed by atoms with Gasteiger partial charge < -0.3 is 10.1 Å². The second kappa shape index (κ2) is 8.16. The van der Waals surface area contributed by atoms with Crippen molar-refractivity contribution in [2.75, 3.05) is 33.3 Å². The second-order valence-electron chi connectivity index (χ2n) is 7.22. The van der Waals surface area contributed by atoms with Crippen LogP contribution in [0.25, 0.3) is 0 Å². The molecule has 0 spiro atoms. The maximum absolute atomic E-state index is 5.42. The van der Waals surface area contributed by atoms with E-state index in [1.165, 1.54) is 75.8 Å². The third-order valence-corrected chi connectivity index (χ3v) is 5.59. The molecule has 0 saturated carbocycles. The first-order chi connectivity index (χ1) is 11.3. The van der Waals surface area contributed by atoms with Gasteiger partial charge in [0.05, 0.1) is 7.11 Å². The Kier molecular flexibility index (Phi) is 5.96. The third kappa shape index (κ3) is 4.27. The largest absolute Gasteiger partial charge is 0.497 e. The molecule has 3 rings (SSSR count). The first kappa shape index (κ1) is 16.8. The van der Waals surface area contributed by atoms with Gasteiger partial charge in [-0.2, -0.15) is 0 Å². The first-order valence-corrected chi connectivity index (χ1v) is 9.40. The molecular formula is C20H32N2O. The van der Waals surface area contributed by atoms with Crippen molar-refractivity contribution in [3.63, 3.8) is 0 Å². The molecule has 0 aromatic heterocycles. The monoisotopic (exact) mass is 316 g/mol.